The van der Waals surface area contributed by atoms with Gasteiger partial charge in [-0.25, -0.2) is 0 Å². The Kier molecular flexibility index (Phi) is 3.07. The molecule has 0 unspecified atom stereocenters. The number of nitrogens with one attached hydrogen (secondary N) is 1. The normalized spacial score (nSPS) is 26.1. The number of ether oxygens (including phenoxy) is 1. The van der Waals surface area contributed by atoms with Crippen molar-refractivity contribution in [2.75, 3.05) is 32.8 Å². The first-order chi connectivity index (χ1) is 7.20. The Morgan fingerprint density at radius 1 is 1.53 bits per heavy atom. The highest BCUT2D eigenvalue weighted by molar-refractivity contribution is 5.94. The molecule has 0 radical (unpaired) electrons. The third-order valence-corrected chi connectivity index (χ3v) is 3.16. The van der Waals surface area contributed by atoms with Gasteiger partial charge in [0.15, 0.2) is 0 Å². The molecule has 1 N–H and O–H groups in total. The van der Waals surface area contributed by atoms with E-state index < -0.39 is 0 Å². The zero-order chi connectivity index (χ0) is 10.8. The number of carbonyl (C=O) groups is 1. The summed E-state index contributed by atoms with van der Waals surface area (Å²) in [5, 5.41) is 3.16. The summed E-state index contributed by atoms with van der Waals surface area (Å²) < 4.78 is 5.32. The van der Waals surface area contributed by atoms with Crippen molar-refractivity contribution in [2.45, 2.75) is 19.9 Å². The summed E-state index contributed by atoms with van der Waals surface area (Å²) in [5.41, 5.74) is 2.17. The van der Waals surface area contributed by atoms with Crippen molar-refractivity contribution in [3.8, 4) is 0 Å². The molecule has 0 aromatic carbocycles. The highest BCUT2D eigenvalue weighted by Crippen LogP contribution is 2.15. The molecule has 2 heterocycles. The summed E-state index contributed by atoms with van der Waals surface area (Å²) in [6.45, 7) is 7.75. The van der Waals surface area contributed by atoms with E-state index >= 15 is 0 Å². The smallest absolute Gasteiger partial charge is 0.249 e. The summed E-state index contributed by atoms with van der Waals surface area (Å²) in [4.78, 5) is 14.0. The minimum Gasteiger partial charge on any atom is -0.377 e. The fourth-order valence-electron chi connectivity index (χ4n) is 1.91. The number of nitrogens with zero attached hydrogens (tertiary/aromatic N) is 1. The van der Waals surface area contributed by atoms with E-state index in [2.05, 4.69) is 5.32 Å². The molecule has 15 heavy (non-hydrogen) atoms. The molecule has 0 aromatic heterocycles. The van der Waals surface area contributed by atoms with Crippen LogP contribution in [0.3, 0.4) is 0 Å². The number of rotatable bonds is 1. The van der Waals surface area contributed by atoms with Gasteiger partial charge in [0.25, 0.3) is 0 Å². The summed E-state index contributed by atoms with van der Waals surface area (Å²) in [7, 11) is 0. The molecule has 84 valence electrons. The number of hydrogen-bond acceptors (Lipinski definition) is 3. The van der Waals surface area contributed by atoms with Crippen LogP contribution in [0.25, 0.3) is 0 Å². The molecule has 0 bridgehead atoms. The average molecular weight is 210 g/mol. The highest BCUT2D eigenvalue weighted by atomic mass is 16.5. The SMILES string of the molecule is CC(C(=O)N1CCOC[C@H]1C)=C1CNC1. The van der Waals surface area contributed by atoms with Gasteiger partial charge in [-0.1, -0.05) is 0 Å². The van der Waals surface area contributed by atoms with Crippen LogP contribution in [-0.4, -0.2) is 49.7 Å². The van der Waals surface area contributed by atoms with Crippen molar-refractivity contribution in [1.29, 1.82) is 0 Å². The summed E-state index contributed by atoms with van der Waals surface area (Å²) >= 11 is 0. The lowest BCUT2D eigenvalue weighted by Crippen LogP contribution is -2.48. The van der Waals surface area contributed by atoms with Crippen LogP contribution < -0.4 is 5.32 Å². The van der Waals surface area contributed by atoms with E-state index in [1.165, 1.54) is 5.57 Å². The quantitative estimate of drug-likeness (QED) is 0.627. The zero-order valence-corrected chi connectivity index (χ0v) is 9.38. The van der Waals surface area contributed by atoms with E-state index in [0.29, 0.717) is 13.2 Å². The van der Waals surface area contributed by atoms with E-state index in [1.807, 2.05) is 18.7 Å². The lowest BCUT2D eigenvalue weighted by Gasteiger charge is -2.34. The highest BCUT2D eigenvalue weighted by Gasteiger charge is 2.26. The summed E-state index contributed by atoms with van der Waals surface area (Å²) in [6, 6.07) is 0.204. The Hall–Kier alpha value is -0.870. The lowest BCUT2D eigenvalue weighted by molar-refractivity contribution is -0.134. The van der Waals surface area contributed by atoms with Gasteiger partial charge in [0.1, 0.15) is 0 Å². The first-order valence-corrected chi connectivity index (χ1v) is 5.48. The monoisotopic (exact) mass is 210 g/mol. The third-order valence-electron chi connectivity index (χ3n) is 3.16. The third kappa shape index (κ3) is 2.06. The minimum atomic E-state index is 0.183. The van der Waals surface area contributed by atoms with Gasteiger partial charge < -0.3 is 15.0 Å². The van der Waals surface area contributed by atoms with Crippen molar-refractivity contribution in [3.05, 3.63) is 11.1 Å². The number of amides is 1. The van der Waals surface area contributed by atoms with Gasteiger partial charge in [-0.15, -0.1) is 0 Å². The second-order valence-electron chi connectivity index (χ2n) is 4.25. The average Bonchev–Trinajstić information content (AvgIpc) is 2.15. The van der Waals surface area contributed by atoms with Crippen molar-refractivity contribution < 1.29 is 9.53 Å². The molecule has 0 aromatic rings. The van der Waals surface area contributed by atoms with Crippen LogP contribution in [-0.2, 0) is 9.53 Å². The molecule has 1 atom stereocenters. The molecular weight excluding hydrogens is 192 g/mol. The van der Waals surface area contributed by atoms with Gasteiger partial charge in [0.05, 0.1) is 19.3 Å². The molecule has 4 nitrogen and oxygen atoms in total. The Labute approximate surface area is 90.3 Å². The van der Waals surface area contributed by atoms with E-state index in [4.69, 9.17) is 4.74 Å². The topological polar surface area (TPSA) is 41.6 Å². The van der Waals surface area contributed by atoms with E-state index in [-0.39, 0.29) is 11.9 Å². The van der Waals surface area contributed by atoms with Crippen LogP contribution in [0.5, 0.6) is 0 Å². The molecule has 1 amide bonds. The Balaban J connectivity index is 2.06. The molecule has 0 saturated carbocycles. The Morgan fingerprint density at radius 3 is 2.80 bits per heavy atom. The maximum atomic E-state index is 12.1. The maximum absolute atomic E-state index is 12.1. The van der Waals surface area contributed by atoms with E-state index in [0.717, 1.165) is 25.2 Å². The van der Waals surface area contributed by atoms with Crippen LogP contribution in [0.1, 0.15) is 13.8 Å². The zero-order valence-electron chi connectivity index (χ0n) is 9.38. The van der Waals surface area contributed by atoms with Crippen molar-refractivity contribution in [2.24, 2.45) is 0 Å². The molecule has 0 spiro atoms. The van der Waals surface area contributed by atoms with Crippen LogP contribution >= 0.6 is 0 Å². The molecule has 0 aliphatic carbocycles. The first kappa shape index (κ1) is 10.6. The van der Waals surface area contributed by atoms with Crippen LogP contribution in [0.4, 0.5) is 0 Å². The van der Waals surface area contributed by atoms with Gasteiger partial charge in [-0.05, 0) is 19.4 Å². The van der Waals surface area contributed by atoms with Gasteiger partial charge in [0, 0.05) is 25.2 Å². The largest absolute Gasteiger partial charge is 0.377 e. The second kappa shape index (κ2) is 4.33. The van der Waals surface area contributed by atoms with Crippen molar-refractivity contribution in [3.63, 3.8) is 0 Å². The lowest BCUT2D eigenvalue weighted by atomic mass is 10.0. The molecule has 2 aliphatic heterocycles. The fraction of sp³-hybridized carbons (Fsp3) is 0.727. The second-order valence-corrected chi connectivity index (χ2v) is 4.25. The van der Waals surface area contributed by atoms with Crippen LogP contribution in [0.2, 0.25) is 0 Å². The predicted octanol–water partition coefficient (Wildman–Crippen LogP) is 0.153. The van der Waals surface area contributed by atoms with Gasteiger partial charge in [-0.3, -0.25) is 4.79 Å². The number of carbonyl (C=O) groups excluding carboxylic acids is 1. The standard InChI is InChI=1S/C11H18N2O2/c1-8-7-15-4-3-13(8)11(14)9(2)10-5-12-6-10/h8,12H,3-7H2,1-2H3/t8-/m1/s1. The van der Waals surface area contributed by atoms with Gasteiger partial charge in [0.2, 0.25) is 5.91 Å². The molecular formula is C11H18N2O2. The number of morpholine rings is 1. The van der Waals surface area contributed by atoms with E-state index in [1.54, 1.807) is 0 Å². The minimum absolute atomic E-state index is 0.183. The van der Waals surface area contributed by atoms with Crippen molar-refractivity contribution >= 4 is 5.91 Å². The van der Waals surface area contributed by atoms with Gasteiger partial charge in [-0.2, -0.15) is 0 Å². The van der Waals surface area contributed by atoms with Crippen molar-refractivity contribution in [1.82, 2.24) is 10.2 Å². The predicted molar refractivity (Wildman–Crippen MR) is 57.6 cm³/mol. The first-order valence-electron chi connectivity index (χ1n) is 5.48. The van der Waals surface area contributed by atoms with Gasteiger partial charge >= 0.3 is 0 Å². The Morgan fingerprint density at radius 2 is 2.27 bits per heavy atom. The van der Waals surface area contributed by atoms with E-state index in [9.17, 15) is 4.79 Å². The van der Waals surface area contributed by atoms with Crippen LogP contribution in [0.15, 0.2) is 11.1 Å². The fourth-order valence-corrected chi connectivity index (χ4v) is 1.91. The summed E-state index contributed by atoms with van der Waals surface area (Å²) in [6.07, 6.45) is 0. The Bertz CT molecular complexity index is 293. The molecule has 2 rings (SSSR count). The number of hydrogen-bond donors (Lipinski definition) is 1. The molecule has 2 aliphatic rings. The summed E-state index contributed by atoms with van der Waals surface area (Å²) in [5.74, 6) is 0.183. The van der Waals surface area contributed by atoms with Crippen LogP contribution in [0, 0.1) is 0 Å². The molecule has 2 saturated heterocycles. The molecule has 2 fully saturated rings. The maximum Gasteiger partial charge on any atom is 0.249 e. The molecule has 4 heteroatoms.